The summed E-state index contributed by atoms with van der Waals surface area (Å²) in [6, 6.07) is 0. The third-order valence-corrected chi connectivity index (χ3v) is 1.48. The maximum absolute atomic E-state index is 11.0. The van der Waals surface area contributed by atoms with Crippen molar-refractivity contribution in [3.63, 3.8) is 0 Å². The van der Waals surface area contributed by atoms with Crippen LogP contribution >= 0.6 is 12.2 Å². The van der Waals surface area contributed by atoms with Crippen molar-refractivity contribution >= 4 is 23.4 Å². The molecule has 0 amide bonds. The molecule has 0 unspecified atom stereocenters. The van der Waals surface area contributed by atoms with Crippen molar-refractivity contribution in [1.29, 1.82) is 0 Å². The first-order chi connectivity index (χ1) is 5.27. The number of nitrogens with zero attached hydrogens (tertiary/aromatic N) is 1. The number of aromatic amines is 3. The summed E-state index contributed by atoms with van der Waals surface area (Å²) >= 11 is 4.71. The molecule has 55 valence electrons. The molecule has 11 heavy (non-hydrogen) atoms. The molecule has 0 fully saturated rings. The van der Waals surface area contributed by atoms with E-state index in [1.165, 1.54) is 0 Å². The quantitative estimate of drug-likeness (QED) is 0.487. The number of aromatic nitrogens is 4. The molecular formula is C5H3N4OS. The third kappa shape index (κ3) is 0.874. The minimum Gasteiger partial charge on any atom is -0.329 e. The first-order valence-electron chi connectivity index (χ1n) is 2.86. The van der Waals surface area contributed by atoms with E-state index in [1.807, 2.05) is 0 Å². The SMILES string of the molecule is O=c1[nH]c(=S)[nH]c2n[c][nH]c12. The molecule has 0 spiro atoms. The van der Waals surface area contributed by atoms with Crippen molar-refractivity contribution in [2.45, 2.75) is 0 Å². The van der Waals surface area contributed by atoms with Crippen LogP contribution in [0.5, 0.6) is 0 Å². The molecule has 0 aliphatic rings. The van der Waals surface area contributed by atoms with Crippen LogP contribution in [-0.2, 0) is 0 Å². The summed E-state index contributed by atoms with van der Waals surface area (Å²) in [6.45, 7) is 0. The number of hydrogen-bond donors (Lipinski definition) is 3. The second kappa shape index (κ2) is 2.03. The Morgan fingerprint density at radius 3 is 3.09 bits per heavy atom. The molecule has 0 bridgehead atoms. The Kier molecular flexibility index (Phi) is 1.16. The molecule has 1 radical (unpaired) electrons. The monoisotopic (exact) mass is 167 g/mol. The van der Waals surface area contributed by atoms with Crippen molar-refractivity contribution in [3.05, 3.63) is 21.5 Å². The first kappa shape index (κ1) is 6.29. The van der Waals surface area contributed by atoms with Crippen molar-refractivity contribution in [3.8, 4) is 0 Å². The maximum Gasteiger partial charge on any atom is 0.277 e. The van der Waals surface area contributed by atoms with Gasteiger partial charge in [-0.15, -0.1) is 0 Å². The Bertz CT molecular complexity index is 493. The van der Waals surface area contributed by atoms with E-state index in [0.29, 0.717) is 11.2 Å². The minimum absolute atomic E-state index is 0.267. The smallest absolute Gasteiger partial charge is 0.277 e. The Hall–Kier alpha value is -1.43. The molecule has 0 aliphatic heterocycles. The highest BCUT2D eigenvalue weighted by Crippen LogP contribution is 1.95. The van der Waals surface area contributed by atoms with Gasteiger partial charge in [-0.25, -0.2) is 4.98 Å². The average molecular weight is 167 g/mol. The van der Waals surface area contributed by atoms with E-state index in [1.54, 1.807) is 0 Å². The van der Waals surface area contributed by atoms with Gasteiger partial charge in [-0.2, -0.15) is 0 Å². The van der Waals surface area contributed by atoms with Crippen LogP contribution in [0, 0.1) is 11.1 Å². The van der Waals surface area contributed by atoms with E-state index >= 15 is 0 Å². The molecule has 0 aromatic carbocycles. The summed E-state index contributed by atoms with van der Waals surface area (Å²) in [4.78, 5) is 22.4. The van der Waals surface area contributed by atoms with Gasteiger partial charge in [0.25, 0.3) is 5.56 Å². The molecule has 2 aromatic rings. The van der Waals surface area contributed by atoms with E-state index in [2.05, 4.69) is 26.3 Å². The number of fused-ring (bicyclic) bond motifs is 1. The van der Waals surface area contributed by atoms with Gasteiger partial charge >= 0.3 is 0 Å². The lowest BCUT2D eigenvalue weighted by atomic mass is 10.6. The Morgan fingerprint density at radius 2 is 2.27 bits per heavy atom. The normalized spacial score (nSPS) is 10.5. The number of rotatable bonds is 0. The summed E-state index contributed by atoms with van der Waals surface area (Å²) in [5.74, 6) is 0. The van der Waals surface area contributed by atoms with Crippen LogP contribution in [0.25, 0.3) is 11.2 Å². The van der Waals surface area contributed by atoms with Crippen molar-refractivity contribution in [2.75, 3.05) is 0 Å². The van der Waals surface area contributed by atoms with E-state index in [9.17, 15) is 4.79 Å². The highest BCUT2D eigenvalue weighted by Gasteiger charge is 1.99. The molecular weight excluding hydrogens is 164 g/mol. The first-order valence-corrected chi connectivity index (χ1v) is 3.26. The van der Waals surface area contributed by atoms with Gasteiger partial charge in [-0.05, 0) is 12.2 Å². The van der Waals surface area contributed by atoms with E-state index < -0.39 is 0 Å². The zero-order valence-electron chi connectivity index (χ0n) is 5.26. The van der Waals surface area contributed by atoms with Crippen LogP contribution in [0.3, 0.4) is 0 Å². The van der Waals surface area contributed by atoms with Crippen molar-refractivity contribution in [1.82, 2.24) is 19.9 Å². The van der Waals surface area contributed by atoms with E-state index in [-0.39, 0.29) is 10.3 Å². The number of imidazole rings is 1. The Balaban J connectivity index is 3.15. The second-order valence-corrected chi connectivity index (χ2v) is 2.39. The molecule has 3 N–H and O–H groups in total. The van der Waals surface area contributed by atoms with Gasteiger partial charge in [0, 0.05) is 0 Å². The fourth-order valence-corrected chi connectivity index (χ4v) is 1.00. The Labute approximate surface area is 65.5 Å². The molecule has 5 nitrogen and oxygen atoms in total. The maximum atomic E-state index is 11.0. The van der Waals surface area contributed by atoms with Gasteiger partial charge in [0.05, 0.1) is 0 Å². The van der Waals surface area contributed by atoms with Gasteiger partial charge < -0.3 is 9.97 Å². The molecule has 0 aliphatic carbocycles. The molecule has 2 aromatic heterocycles. The van der Waals surface area contributed by atoms with Gasteiger partial charge in [0.1, 0.15) is 5.52 Å². The highest BCUT2D eigenvalue weighted by molar-refractivity contribution is 7.71. The van der Waals surface area contributed by atoms with E-state index in [0.717, 1.165) is 0 Å². The predicted octanol–water partition coefficient (Wildman–Crippen LogP) is 0.109. The van der Waals surface area contributed by atoms with Crippen LogP contribution in [0.2, 0.25) is 0 Å². The largest absolute Gasteiger partial charge is 0.329 e. The molecule has 0 atom stereocenters. The van der Waals surface area contributed by atoms with Crippen LogP contribution in [0.15, 0.2) is 4.79 Å². The topological polar surface area (TPSA) is 77.3 Å². The van der Waals surface area contributed by atoms with Crippen LogP contribution in [0.4, 0.5) is 0 Å². The minimum atomic E-state index is -0.280. The van der Waals surface area contributed by atoms with Gasteiger partial charge in [0.2, 0.25) is 0 Å². The molecule has 0 saturated carbocycles. The molecule has 2 heterocycles. The van der Waals surface area contributed by atoms with Crippen LogP contribution in [-0.4, -0.2) is 19.9 Å². The summed E-state index contributed by atoms with van der Waals surface area (Å²) in [5.41, 5.74) is 0.509. The van der Waals surface area contributed by atoms with E-state index in [4.69, 9.17) is 12.2 Å². The zero-order valence-corrected chi connectivity index (χ0v) is 6.08. The third-order valence-electron chi connectivity index (χ3n) is 1.27. The number of hydrogen-bond acceptors (Lipinski definition) is 3. The Morgan fingerprint density at radius 1 is 1.45 bits per heavy atom. The standard InChI is InChI=1S/C5H3N4OS/c10-4-2-3(7-1-6-2)8-5(11)9-4/h(H3,6,7,8,9,10,11). The molecule has 2 rings (SSSR count). The summed E-state index contributed by atoms with van der Waals surface area (Å²) in [7, 11) is 0. The van der Waals surface area contributed by atoms with Crippen LogP contribution in [0.1, 0.15) is 0 Å². The lowest BCUT2D eigenvalue weighted by Gasteiger charge is -1.85. The number of H-pyrrole nitrogens is 3. The fraction of sp³-hybridized carbons (Fsp3) is 0. The molecule has 6 heteroatoms. The summed E-state index contributed by atoms with van der Waals surface area (Å²) in [6.07, 6.45) is 2.43. The lowest BCUT2D eigenvalue weighted by Crippen LogP contribution is -2.07. The fourth-order valence-electron chi connectivity index (χ4n) is 0.814. The second-order valence-electron chi connectivity index (χ2n) is 1.98. The summed E-state index contributed by atoms with van der Waals surface area (Å²) < 4.78 is 0.267. The lowest BCUT2D eigenvalue weighted by molar-refractivity contribution is 1.12. The van der Waals surface area contributed by atoms with Gasteiger partial charge in [-0.1, -0.05) is 0 Å². The summed E-state index contributed by atoms with van der Waals surface area (Å²) in [5, 5.41) is 0. The highest BCUT2D eigenvalue weighted by atomic mass is 32.1. The van der Waals surface area contributed by atoms with Gasteiger partial charge in [0.15, 0.2) is 16.7 Å². The average Bonchev–Trinajstić information content (AvgIpc) is 2.34. The zero-order chi connectivity index (χ0) is 7.84. The van der Waals surface area contributed by atoms with Crippen molar-refractivity contribution in [2.24, 2.45) is 0 Å². The van der Waals surface area contributed by atoms with Gasteiger partial charge in [-0.3, -0.25) is 9.78 Å². The van der Waals surface area contributed by atoms with Crippen molar-refractivity contribution < 1.29 is 0 Å². The van der Waals surface area contributed by atoms with Crippen LogP contribution < -0.4 is 5.56 Å². The molecule has 0 saturated heterocycles. The number of nitrogens with one attached hydrogen (secondary N) is 3. The predicted molar refractivity (Wildman–Crippen MR) is 40.7 cm³/mol.